The molecule has 9 heteroatoms. The van der Waals surface area contributed by atoms with Gasteiger partial charge in [0.1, 0.15) is 5.75 Å². The minimum atomic E-state index is -4.03. The number of sulfonamides is 1. The number of carbonyl (C=O) groups excluding carboxylic acids is 1. The fourth-order valence-electron chi connectivity index (χ4n) is 2.03. The second-order valence-corrected chi connectivity index (χ2v) is 8.28. The lowest BCUT2D eigenvalue weighted by atomic mass is 10.1. The van der Waals surface area contributed by atoms with E-state index in [4.69, 9.17) is 27.9 Å². The SMILES string of the molecule is CCOc1ccc(S(=O)(=O)NC(=O)Cc2c(Cl)cccc2Cl)cc1Br. The number of amides is 1. The Morgan fingerprint density at radius 3 is 2.40 bits per heavy atom. The van der Waals surface area contributed by atoms with Gasteiger partial charge < -0.3 is 4.74 Å². The molecule has 2 aromatic rings. The van der Waals surface area contributed by atoms with Crippen LogP contribution in [0.1, 0.15) is 12.5 Å². The third-order valence-electron chi connectivity index (χ3n) is 3.16. The molecule has 0 saturated carbocycles. The van der Waals surface area contributed by atoms with Gasteiger partial charge in [0.2, 0.25) is 5.91 Å². The molecule has 0 aromatic heterocycles. The Kier molecular flexibility index (Phi) is 6.73. The van der Waals surface area contributed by atoms with Crippen molar-refractivity contribution in [3.05, 3.63) is 56.5 Å². The quantitative estimate of drug-likeness (QED) is 0.692. The summed E-state index contributed by atoms with van der Waals surface area (Å²) in [5, 5.41) is 0.590. The minimum Gasteiger partial charge on any atom is -0.493 e. The Morgan fingerprint density at radius 2 is 1.84 bits per heavy atom. The maximum Gasteiger partial charge on any atom is 0.264 e. The van der Waals surface area contributed by atoms with Crippen LogP contribution in [0.2, 0.25) is 10.0 Å². The predicted molar refractivity (Wildman–Crippen MR) is 101 cm³/mol. The number of nitrogens with one attached hydrogen (secondary N) is 1. The van der Waals surface area contributed by atoms with Crippen molar-refractivity contribution in [1.82, 2.24) is 4.72 Å². The van der Waals surface area contributed by atoms with Gasteiger partial charge >= 0.3 is 0 Å². The lowest BCUT2D eigenvalue weighted by Crippen LogP contribution is -2.32. The van der Waals surface area contributed by atoms with Gasteiger partial charge in [0, 0.05) is 10.0 Å². The van der Waals surface area contributed by atoms with Crippen LogP contribution in [0, 0.1) is 0 Å². The zero-order chi connectivity index (χ0) is 18.6. The van der Waals surface area contributed by atoms with Crippen LogP contribution >= 0.6 is 39.1 Å². The molecule has 0 atom stereocenters. The monoisotopic (exact) mass is 465 g/mol. The van der Waals surface area contributed by atoms with E-state index in [0.717, 1.165) is 0 Å². The highest BCUT2D eigenvalue weighted by Gasteiger charge is 2.20. The molecule has 25 heavy (non-hydrogen) atoms. The van der Waals surface area contributed by atoms with Crippen LogP contribution in [-0.2, 0) is 21.2 Å². The van der Waals surface area contributed by atoms with E-state index in [1.54, 1.807) is 18.2 Å². The number of hydrogen-bond acceptors (Lipinski definition) is 4. The van der Waals surface area contributed by atoms with Gasteiger partial charge in [0.15, 0.2) is 0 Å². The van der Waals surface area contributed by atoms with Crippen molar-refractivity contribution in [3.8, 4) is 5.75 Å². The summed E-state index contributed by atoms with van der Waals surface area (Å²) in [4.78, 5) is 12.0. The van der Waals surface area contributed by atoms with Gasteiger partial charge in [-0.2, -0.15) is 0 Å². The van der Waals surface area contributed by atoms with Crippen LogP contribution in [0.25, 0.3) is 0 Å². The van der Waals surface area contributed by atoms with Gasteiger partial charge in [-0.15, -0.1) is 0 Å². The normalized spacial score (nSPS) is 11.2. The van der Waals surface area contributed by atoms with E-state index >= 15 is 0 Å². The van der Waals surface area contributed by atoms with Gasteiger partial charge in [0.25, 0.3) is 10.0 Å². The molecule has 2 aromatic carbocycles. The summed E-state index contributed by atoms with van der Waals surface area (Å²) in [7, 11) is -4.03. The topological polar surface area (TPSA) is 72.5 Å². The molecule has 1 N–H and O–H groups in total. The lowest BCUT2D eigenvalue weighted by molar-refractivity contribution is -0.118. The smallest absolute Gasteiger partial charge is 0.264 e. The molecular weight excluding hydrogens is 453 g/mol. The molecule has 0 heterocycles. The molecule has 0 fully saturated rings. The summed E-state index contributed by atoms with van der Waals surface area (Å²) < 4.78 is 32.5. The molecule has 0 bridgehead atoms. The molecule has 0 aliphatic heterocycles. The van der Waals surface area contributed by atoms with Crippen molar-refractivity contribution < 1.29 is 17.9 Å². The number of halogens is 3. The standard InChI is InChI=1S/C16H14BrCl2NO4S/c1-2-24-15-7-6-10(8-12(15)17)25(22,23)20-16(21)9-11-13(18)4-3-5-14(11)19/h3-8H,2,9H2,1H3,(H,20,21). The summed E-state index contributed by atoms with van der Waals surface area (Å²) in [5.74, 6) is -0.226. The average Bonchev–Trinajstić information content (AvgIpc) is 2.52. The van der Waals surface area contributed by atoms with Gasteiger partial charge in [-0.1, -0.05) is 29.3 Å². The zero-order valence-electron chi connectivity index (χ0n) is 13.1. The van der Waals surface area contributed by atoms with E-state index < -0.39 is 15.9 Å². The van der Waals surface area contributed by atoms with Crippen LogP contribution in [0.15, 0.2) is 45.8 Å². The van der Waals surface area contributed by atoms with E-state index in [1.165, 1.54) is 18.2 Å². The first-order chi connectivity index (χ1) is 11.7. The molecule has 0 radical (unpaired) electrons. The van der Waals surface area contributed by atoms with Gasteiger partial charge in [-0.25, -0.2) is 13.1 Å². The Hall–Kier alpha value is -1.28. The van der Waals surface area contributed by atoms with E-state index in [-0.39, 0.29) is 11.3 Å². The van der Waals surface area contributed by atoms with Gasteiger partial charge in [0.05, 0.1) is 22.4 Å². The largest absolute Gasteiger partial charge is 0.493 e. The second-order valence-electron chi connectivity index (χ2n) is 4.93. The van der Waals surface area contributed by atoms with Gasteiger partial charge in [-0.05, 0) is 58.7 Å². The van der Waals surface area contributed by atoms with Crippen LogP contribution in [0.3, 0.4) is 0 Å². The number of benzene rings is 2. The summed E-state index contributed by atoms with van der Waals surface area (Å²) in [6.07, 6.45) is -0.254. The third kappa shape index (κ3) is 5.10. The maximum absolute atomic E-state index is 12.4. The van der Waals surface area contributed by atoms with Crippen molar-refractivity contribution in [2.75, 3.05) is 6.61 Å². The Bertz CT molecular complexity index is 883. The van der Waals surface area contributed by atoms with Crippen molar-refractivity contribution >= 4 is 55.1 Å². The molecule has 0 unspecified atom stereocenters. The zero-order valence-corrected chi connectivity index (χ0v) is 17.0. The van der Waals surface area contributed by atoms with E-state index in [1.807, 2.05) is 11.6 Å². The number of carbonyl (C=O) groups is 1. The van der Waals surface area contributed by atoms with Crippen molar-refractivity contribution in [3.63, 3.8) is 0 Å². The van der Waals surface area contributed by atoms with Crippen LogP contribution in [0.4, 0.5) is 0 Å². The molecule has 1 amide bonds. The highest BCUT2D eigenvalue weighted by atomic mass is 79.9. The van der Waals surface area contributed by atoms with Crippen molar-refractivity contribution in [2.45, 2.75) is 18.2 Å². The van der Waals surface area contributed by atoms with Crippen LogP contribution < -0.4 is 9.46 Å². The first kappa shape index (κ1) is 20.0. The van der Waals surface area contributed by atoms with Crippen LogP contribution in [0.5, 0.6) is 5.75 Å². The highest BCUT2D eigenvalue weighted by molar-refractivity contribution is 9.10. The molecule has 0 aliphatic carbocycles. The highest BCUT2D eigenvalue weighted by Crippen LogP contribution is 2.28. The molecule has 0 aliphatic rings. The van der Waals surface area contributed by atoms with Crippen molar-refractivity contribution in [2.24, 2.45) is 0 Å². The average molecular weight is 467 g/mol. The maximum atomic E-state index is 12.4. The molecule has 2 rings (SSSR count). The summed E-state index contributed by atoms with van der Waals surface area (Å²) >= 11 is 15.2. The van der Waals surface area contributed by atoms with E-state index in [2.05, 4.69) is 15.9 Å². The lowest BCUT2D eigenvalue weighted by Gasteiger charge is -2.11. The third-order valence-corrected chi connectivity index (χ3v) is 5.86. The molecule has 0 spiro atoms. The summed E-state index contributed by atoms with van der Waals surface area (Å²) in [6, 6.07) is 9.02. The Morgan fingerprint density at radius 1 is 1.20 bits per heavy atom. The molecular formula is C16H14BrCl2NO4S. The van der Waals surface area contributed by atoms with Crippen LogP contribution in [-0.4, -0.2) is 20.9 Å². The first-order valence-electron chi connectivity index (χ1n) is 7.15. The fourth-order valence-corrected chi connectivity index (χ4v) is 4.21. The molecule has 134 valence electrons. The second kappa shape index (κ2) is 8.40. The predicted octanol–water partition coefficient (Wildman–Crippen LogP) is 4.20. The van der Waals surface area contributed by atoms with Crippen molar-refractivity contribution in [1.29, 1.82) is 0 Å². The minimum absolute atomic E-state index is 0.0681. The summed E-state index contributed by atoms with van der Waals surface area (Å²) in [5.41, 5.74) is 0.367. The first-order valence-corrected chi connectivity index (χ1v) is 10.2. The fraction of sp³-hybridized carbons (Fsp3) is 0.188. The number of ether oxygens (including phenoxy) is 1. The Labute approximate surface area is 164 Å². The van der Waals surface area contributed by atoms with Gasteiger partial charge in [-0.3, -0.25) is 4.79 Å². The Balaban J connectivity index is 2.18. The molecule has 0 saturated heterocycles. The van der Waals surface area contributed by atoms with E-state index in [9.17, 15) is 13.2 Å². The number of hydrogen-bond donors (Lipinski definition) is 1. The van der Waals surface area contributed by atoms with E-state index in [0.29, 0.717) is 32.4 Å². The molecule has 5 nitrogen and oxygen atoms in total. The number of rotatable bonds is 6. The summed E-state index contributed by atoms with van der Waals surface area (Å²) in [6.45, 7) is 2.26.